The average molecular weight is 487 g/mol. The zero-order valence-corrected chi connectivity index (χ0v) is 20.1. The molecule has 186 valence electrons. The van der Waals surface area contributed by atoms with E-state index in [0.717, 1.165) is 32.1 Å². The number of ether oxygens (including phenoxy) is 2. The first-order valence-electron chi connectivity index (χ1n) is 12.2. The zero-order valence-electron chi connectivity index (χ0n) is 20.1. The van der Waals surface area contributed by atoms with E-state index in [0.29, 0.717) is 22.8 Å². The smallest absolute Gasteiger partial charge is 0.201 e. The van der Waals surface area contributed by atoms with Crippen LogP contribution in [0.2, 0.25) is 0 Å². The summed E-state index contributed by atoms with van der Waals surface area (Å²) in [6.07, 6.45) is 5.01. The highest BCUT2D eigenvalue weighted by Gasteiger charge is 2.25. The van der Waals surface area contributed by atoms with E-state index in [1.54, 1.807) is 43.3 Å². The fourth-order valence-corrected chi connectivity index (χ4v) is 4.83. The largest absolute Gasteiger partial charge is 0.491 e. The van der Waals surface area contributed by atoms with Crippen molar-refractivity contribution in [3.05, 3.63) is 82.9 Å². The monoisotopic (exact) mass is 486 g/mol. The van der Waals surface area contributed by atoms with Crippen molar-refractivity contribution in [2.75, 3.05) is 6.61 Å². The van der Waals surface area contributed by atoms with Gasteiger partial charge in [-0.3, -0.25) is 0 Å². The van der Waals surface area contributed by atoms with Crippen LogP contribution in [-0.4, -0.2) is 6.61 Å². The van der Waals surface area contributed by atoms with Crippen molar-refractivity contribution in [2.24, 2.45) is 5.92 Å². The zero-order chi connectivity index (χ0) is 24.9. The lowest BCUT2D eigenvalue weighted by Gasteiger charge is -2.28. The molecule has 6 heteroatoms. The van der Waals surface area contributed by atoms with Crippen LogP contribution < -0.4 is 9.47 Å². The van der Waals surface area contributed by atoms with Crippen LogP contribution >= 0.6 is 0 Å². The molecule has 0 radical (unpaired) electrons. The second-order valence-corrected chi connectivity index (χ2v) is 9.05. The average Bonchev–Trinajstić information content (AvgIpc) is 2.88. The molecule has 0 aliphatic heterocycles. The molecule has 3 aromatic carbocycles. The van der Waals surface area contributed by atoms with E-state index < -0.39 is 23.3 Å². The lowest BCUT2D eigenvalue weighted by Crippen LogP contribution is -2.15. The second kappa shape index (κ2) is 11.1. The van der Waals surface area contributed by atoms with Gasteiger partial charge < -0.3 is 9.47 Å². The summed E-state index contributed by atoms with van der Waals surface area (Å²) in [5.74, 6) is -2.68. The van der Waals surface area contributed by atoms with Crippen molar-refractivity contribution in [1.82, 2.24) is 0 Å². The van der Waals surface area contributed by atoms with Gasteiger partial charge in [-0.05, 0) is 79.8 Å². The second-order valence-electron chi connectivity index (χ2n) is 9.05. The number of benzene rings is 3. The number of halogens is 4. The van der Waals surface area contributed by atoms with E-state index in [-0.39, 0.29) is 36.0 Å². The van der Waals surface area contributed by atoms with Gasteiger partial charge in [0.1, 0.15) is 12.4 Å². The SMILES string of the molecule is CCOc1ccc(-c2ccc(OCc3ccc(C4CCC(CC)CC4)c(F)c3F)cc2)c(F)c1F. The lowest BCUT2D eigenvalue weighted by atomic mass is 9.77. The molecular weight excluding hydrogens is 456 g/mol. The standard InChI is InChI=1S/C29H30F4O2/c1-3-18-5-7-19(8-6-18)23-14-11-21(26(30)27(23)31)17-35-22-12-9-20(10-13-22)24-15-16-25(34-4-2)29(33)28(24)32/h9-16,18-19H,3-8,17H2,1-2H3. The Morgan fingerprint density at radius 2 is 1.43 bits per heavy atom. The predicted octanol–water partition coefficient (Wildman–Crippen LogP) is 8.57. The third-order valence-electron chi connectivity index (χ3n) is 6.96. The van der Waals surface area contributed by atoms with Crippen molar-refractivity contribution >= 4 is 0 Å². The van der Waals surface area contributed by atoms with Crippen LogP contribution in [0.3, 0.4) is 0 Å². The Hall–Kier alpha value is -3.02. The molecule has 35 heavy (non-hydrogen) atoms. The first-order chi connectivity index (χ1) is 16.9. The molecule has 0 atom stereocenters. The molecule has 0 unspecified atom stereocenters. The van der Waals surface area contributed by atoms with Gasteiger partial charge in [-0.25, -0.2) is 13.2 Å². The van der Waals surface area contributed by atoms with Gasteiger partial charge in [-0.1, -0.05) is 37.6 Å². The summed E-state index contributed by atoms with van der Waals surface area (Å²) in [6, 6.07) is 12.4. The Morgan fingerprint density at radius 1 is 0.714 bits per heavy atom. The molecule has 1 saturated carbocycles. The van der Waals surface area contributed by atoms with E-state index in [2.05, 4.69) is 6.92 Å². The number of rotatable bonds is 8. The van der Waals surface area contributed by atoms with Gasteiger partial charge in [-0.2, -0.15) is 4.39 Å². The van der Waals surface area contributed by atoms with E-state index >= 15 is 0 Å². The summed E-state index contributed by atoms with van der Waals surface area (Å²) in [4.78, 5) is 0. The van der Waals surface area contributed by atoms with Gasteiger partial charge in [0.25, 0.3) is 0 Å². The molecule has 1 aliphatic rings. The Bertz CT molecular complexity index is 1150. The molecule has 1 aliphatic carbocycles. The van der Waals surface area contributed by atoms with Gasteiger partial charge in [0.15, 0.2) is 23.2 Å². The fourth-order valence-electron chi connectivity index (χ4n) is 4.83. The highest BCUT2D eigenvalue weighted by Crippen LogP contribution is 2.39. The summed E-state index contributed by atoms with van der Waals surface area (Å²) >= 11 is 0. The molecule has 0 heterocycles. The summed E-state index contributed by atoms with van der Waals surface area (Å²) in [5.41, 5.74) is 1.14. The van der Waals surface area contributed by atoms with Crippen LogP contribution in [0.15, 0.2) is 48.5 Å². The van der Waals surface area contributed by atoms with Gasteiger partial charge in [0.05, 0.1) is 6.61 Å². The van der Waals surface area contributed by atoms with E-state index in [1.807, 2.05) is 0 Å². The summed E-state index contributed by atoms with van der Waals surface area (Å²) in [5, 5.41) is 0. The van der Waals surface area contributed by atoms with Crippen LogP contribution in [0.4, 0.5) is 17.6 Å². The third-order valence-corrected chi connectivity index (χ3v) is 6.96. The molecular formula is C29H30F4O2. The Morgan fingerprint density at radius 3 is 2.09 bits per heavy atom. The first kappa shape index (κ1) is 25.1. The minimum atomic E-state index is -1.04. The van der Waals surface area contributed by atoms with Crippen molar-refractivity contribution in [1.29, 1.82) is 0 Å². The molecule has 0 saturated heterocycles. The van der Waals surface area contributed by atoms with Gasteiger partial charge in [0.2, 0.25) is 5.82 Å². The summed E-state index contributed by atoms with van der Waals surface area (Å²) in [7, 11) is 0. The first-order valence-corrected chi connectivity index (χ1v) is 12.2. The normalized spacial score (nSPS) is 17.9. The topological polar surface area (TPSA) is 18.5 Å². The van der Waals surface area contributed by atoms with Crippen LogP contribution in [0.5, 0.6) is 11.5 Å². The third kappa shape index (κ3) is 5.47. The molecule has 1 fully saturated rings. The van der Waals surface area contributed by atoms with Gasteiger partial charge >= 0.3 is 0 Å². The maximum atomic E-state index is 14.8. The van der Waals surface area contributed by atoms with Gasteiger partial charge in [-0.15, -0.1) is 0 Å². The van der Waals surface area contributed by atoms with Crippen molar-refractivity contribution in [2.45, 2.75) is 58.5 Å². The molecule has 0 bridgehead atoms. The van der Waals surface area contributed by atoms with E-state index in [9.17, 15) is 17.6 Å². The number of hydrogen-bond donors (Lipinski definition) is 0. The Labute approximate surface area is 203 Å². The molecule has 0 amide bonds. The molecule has 0 aromatic heterocycles. The molecule has 4 rings (SSSR count). The highest BCUT2D eigenvalue weighted by molar-refractivity contribution is 5.66. The van der Waals surface area contributed by atoms with Gasteiger partial charge in [0, 0.05) is 11.1 Å². The lowest BCUT2D eigenvalue weighted by molar-refractivity contribution is 0.294. The van der Waals surface area contributed by atoms with Crippen LogP contribution in [-0.2, 0) is 6.61 Å². The van der Waals surface area contributed by atoms with Crippen molar-refractivity contribution < 1.29 is 27.0 Å². The summed E-state index contributed by atoms with van der Waals surface area (Å²) < 4.78 is 69.0. The number of hydrogen-bond acceptors (Lipinski definition) is 2. The van der Waals surface area contributed by atoms with Crippen LogP contribution in [0.25, 0.3) is 11.1 Å². The molecule has 2 nitrogen and oxygen atoms in total. The Kier molecular flexibility index (Phi) is 7.99. The van der Waals surface area contributed by atoms with Crippen LogP contribution in [0, 0.1) is 29.2 Å². The molecule has 0 N–H and O–H groups in total. The van der Waals surface area contributed by atoms with E-state index in [1.165, 1.54) is 12.1 Å². The fraction of sp³-hybridized carbons (Fsp3) is 0.379. The minimum absolute atomic E-state index is 0.0580. The minimum Gasteiger partial charge on any atom is -0.491 e. The molecule has 0 spiro atoms. The predicted molar refractivity (Wildman–Crippen MR) is 129 cm³/mol. The maximum Gasteiger partial charge on any atom is 0.201 e. The highest BCUT2D eigenvalue weighted by atomic mass is 19.2. The van der Waals surface area contributed by atoms with Crippen molar-refractivity contribution in [3.63, 3.8) is 0 Å². The summed E-state index contributed by atoms with van der Waals surface area (Å²) in [6.45, 7) is 3.95. The quantitative estimate of drug-likeness (QED) is 0.297. The maximum absolute atomic E-state index is 14.8. The van der Waals surface area contributed by atoms with Crippen LogP contribution in [0.1, 0.15) is 63.0 Å². The molecule has 3 aromatic rings. The van der Waals surface area contributed by atoms with E-state index in [4.69, 9.17) is 9.47 Å². The van der Waals surface area contributed by atoms with Crippen molar-refractivity contribution in [3.8, 4) is 22.6 Å². The Balaban J connectivity index is 1.42.